The number of methoxy groups -OCH3 is 1. The van der Waals surface area contributed by atoms with Crippen LogP contribution in [0.2, 0.25) is 0 Å². The number of benzene rings is 2. The van der Waals surface area contributed by atoms with Gasteiger partial charge < -0.3 is 22.5 Å². The van der Waals surface area contributed by atoms with Gasteiger partial charge in [0.15, 0.2) is 4.98 Å². The Bertz CT molecular complexity index is 681. The zero-order chi connectivity index (χ0) is 14.5. The topological polar surface area (TPSA) is 66.5 Å². The number of anilines is 1. The Labute approximate surface area is 129 Å². The van der Waals surface area contributed by atoms with Gasteiger partial charge in [0.25, 0.3) is 5.91 Å². The van der Waals surface area contributed by atoms with Crippen LogP contribution < -0.4 is 22.5 Å². The molecule has 2 aromatic rings. The summed E-state index contributed by atoms with van der Waals surface area (Å²) in [6.45, 7) is 1.77. The summed E-state index contributed by atoms with van der Waals surface area (Å²) in [5.41, 5.74) is 2.18. The molecule has 0 saturated heterocycles. The molecule has 1 N–H and O–H groups in total. The fraction of sp³-hybridized carbons (Fsp3) is 0.133. The van der Waals surface area contributed by atoms with E-state index in [0.29, 0.717) is 28.3 Å². The molecule has 2 aromatic carbocycles. The van der Waals surface area contributed by atoms with Crippen LogP contribution in [-0.4, -0.2) is 13.0 Å². The monoisotopic (exact) mass is 303 g/mol. The number of rotatable bonds is 3. The van der Waals surface area contributed by atoms with Gasteiger partial charge in [-0.3, -0.25) is 4.79 Å². The minimum Gasteiger partial charge on any atom is -1.00 e. The Balaban J connectivity index is 0.00000220. The number of aryl methyl sites for hydroxylation is 1. The number of nitrogens with zero attached hydrogens (tertiary/aromatic N) is 2. The maximum atomic E-state index is 12.2. The van der Waals surface area contributed by atoms with Crippen LogP contribution in [0.5, 0.6) is 5.75 Å². The molecule has 0 aromatic heterocycles. The summed E-state index contributed by atoms with van der Waals surface area (Å²) in [7, 11) is 1.46. The molecule has 0 fully saturated rings. The van der Waals surface area contributed by atoms with Crippen LogP contribution in [-0.2, 0) is 0 Å². The highest BCUT2D eigenvalue weighted by molar-refractivity contribution is 6.06. The number of halogens is 1. The molecular formula is C15H14ClN3O2. The highest BCUT2D eigenvalue weighted by Gasteiger charge is 2.20. The van der Waals surface area contributed by atoms with E-state index < -0.39 is 0 Å². The maximum absolute atomic E-state index is 12.2. The fourth-order valence-electron chi connectivity index (χ4n) is 1.88. The van der Waals surface area contributed by atoms with Crippen LogP contribution >= 0.6 is 0 Å². The number of nitrogens with one attached hydrogen (secondary N) is 1. The second-order valence-electron chi connectivity index (χ2n) is 4.26. The molecule has 0 aliphatic rings. The van der Waals surface area contributed by atoms with Crippen molar-refractivity contribution in [2.45, 2.75) is 6.92 Å². The highest BCUT2D eigenvalue weighted by atomic mass is 35.5. The first kappa shape index (κ1) is 16.5. The predicted molar refractivity (Wildman–Crippen MR) is 76.9 cm³/mol. The van der Waals surface area contributed by atoms with Gasteiger partial charge in [0.2, 0.25) is 11.1 Å². The van der Waals surface area contributed by atoms with Crippen LogP contribution in [0.4, 0.5) is 11.4 Å². The number of carbonyl (C=O) groups excluding carboxylic acids is 1. The lowest BCUT2D eigenvalue weighted by atomic mass is 10.1. The Morgan fingerprint density at radius 1 is 1.24 bits per heavy atom. The van der Waals surface area contributed by atoms with E-state index in [0.717, 1.165) is 0 Å². The Kier molecular flexibility index (Phi) is 5.70. The van der Waals surface area contributed by atoms with E-state index in [1.165, 1.54) is 7.11 Å². The minimum absolute atomic E-state index is 0. The number of hydrogen-bond acceptors (Lipinski definition) is 3. The SMILES string of the molecule is COc1cc(C(=O)Nc2ccccc2)c(C)cc1[N+]#N.[Cl-]. The van der Waals surface area contributed by atoms with Crippen molar-refractivity contribution in [3.8, 4) is 5.75 Å². The second kappa shape index (κ2) is 7.27. The van der Waals surface area contributed by atoms with E-state index in [9.17, 15) is 4.79 Å². The van der Waals surface area contributed by atoms with Gasteiger partial charge in [0, 0.05) is 23.4 Å². The lowest BCUT2D eigenvalue weighted by Gasteiger charge is -2.08. The summed E-state index contributed by atoms with van der Waals surface area (Å²) in [6, 6.07) is 12.3. The minimum atomic E-state index is -0.239. The molecule has 0 spiro atoms. The molecule has 0 aliphatic heterocycles. The van der Waals surface area contributed by atoms with Crippen LogP contribution in [0.15, 0.2) is 42.5 Å². The van der Waals surface area contributed by atoms with Crippen molar-refractivity contribution < 1.29 is 21.9 Å². The summed E-state index contributed by atoms with van der Waals surface area (Å²) >= 11 is 0. The number of amides is 1. The molecule has 108 valence electrons. The van der Waals surface area contributed by atoms with Gasteiger partial charge in [-0.25, -0.2) is 0 Å². The summed E-state index contributed by atoms with van der Waals surface area (Å²) < 4.78 is 5.10. The van der Waals surface area contributed by atoms with Crippen molar-refractivity contribution >= 4 is 17.3 Å². The van der Waals surface area contributed by atoms with E-state index in [1.807, 2.05) is 30.3 Å². The lowest BCUT2D eigenvalue weighted by Crippen LogP contribution is -3.00. The molecule has 0 radical (unpaired) electrons. The van der Waals surface area contributed by atoms with Gasteiger partial charge in [-0.1, -0.05) is 18.2 Å². The quantitative estimate of drug-likeness (QED) is 0.851. The molecule has 0 saturated carbocycles. The van der Waals surface area contributed by atoms with E-state index in [4.69, 9.17) is 10.1 Å². The van der Waals surface area contributed by atoms with E-state index in [1.54, 1.807) is 19.1 Å². The predicted octanol–water partition coefficient (Wildman–Crippen LogP) is 0.744. The van der Waals surface area contributed by atoms with Crippen molar-refractivity contribution in [1.29, 1.82) is 5.39 Å². The molecule has 5 nitrogen and oxygen atoms in total. The lowest BCUT2D eigenvalue weighted by molar-refractivity contribution is -0.0000123. The molecule has 0 bridgehead atoms. The number of carbonyl (C=O) groups is 1. The first-order chi connectivity index (χ1) is 9.65. The van der Waals surface area contributed by atoms with Crippen LogP contribution in [0.25, 0.3) is 4.98 Å². The fourth-order valence-corrected chi connectivity index (χ4v) is 1.88. The molecular weight excluding hydrogens is 290 g/mol. The Morgan fingerprint density at radius 3 is 2.48 bits per heavy atom. The van der Waals surface area contributed by atoms with E-state index in [-0.39, 0.29) is 18.3 Å². The highest BCUT2D eigenvalue weighted by Crippen LogP contribution is 2.31. The number of hydrogen-bond donors (Lipinski definition) is 1. The molecule has 0 unspecified atom stereocenters. The Hall–Kier alpha value is -2.58. The van der Waals surface area contributed by atoms with Crippen molar-refractivity contribution in [2.75, 3.05) is 12.4 Å². The first-order valence-corrected chi connectivity index (χ1v) is 6.06. The third kappa shape index (κ3) is 3.71. The van der Waals surface area contributed by atoms with Crippen molar-refractivity contribution in [2.24, 2.45) is 0 Å². The number of ether oxygens (including phenoxy) is 1. The summed E-state index contributed by atoms with van der Waals surface area (Å²) in [4.78, 5) is 15.4. The van der Waals surface area contributed by atoms with Crippen LogP contribution in [0.1, 0.15) is 15.9 Å². The number of para-hydroxylation sites is 1. The normalized spacial score (nSPS) is 9.19. The van der Waals surface area contributed by atoms with E-state index >= 15 is 0 Å². The summed E-state index contributed by atoms with van der Waals surface area (Å²) in [5.74, 6) is 0.104. The maximum Gasteiger partial charge on any atom is 0.426 e. The van der Waals surface area contributed by atoms with Crippen molar-refractivity contribution in [3.63, 3.8) is 0 Å². The molecule has 21 heavy (non-hydrogen) atoms. The third-order valence-corrected chi connectivity index (χ3v) is 2.91. The summed E-state index contributed by atoms with van der Waals surface area (Å²) in [5, 5.41) is 11.7. The Morgan fingerprint density at radius 2 is 1.90 bits per heavy atom. The third-order valence-electron chi connectivity index (χ3n) is 2.91. The van der Waals surface area contributed by atoms with Gasteiger partial charge in [0.05, 0.1) is 7.11 Å². The van der Waals surface area contributed by atoms with E-state index in [2.05, 4.69) is 10.3 Å². The molecule has 1 amide bonds. The van der Waals surface area contributed by atoms with Gasteiger partial charge in [-0.15, -0.1) is 0 Å². The van der Waals surface area contributed by atoms with Crippen LogP contribution in [0, 0.1) is 12.3 Å². The zero-order valence-electron chi connectivity index (χ0n) is 11.6. The van der Waals surface area contributed by atoms with Gasteiger partial charge in [-0.05, 0) is 24.6 Å². The standard InChI is InChI=1S/C15H13N3O2.ClH/c1-10-8-13(18-16)14(20-2)9-12(10)15(19)17-11-6-4-3-5-7-11;/h3-9H,1-2H3;1H. The van der Waals surface area contributed by atoms with Gasteiger partial charge in [-0.2, -0.15) is 0 Å². The molecule has 0 aliphatic carbocycles. The molecule has 0 heterocycles. The van der Waals surface area contributed by atoms with Gasteiger partial charge in [0.1, 0.15) is 0 Å². The van der Waals surface area contributed by atoms with Crippen LogP contribution in [0.3, 0.4) is 0 Å². The largest absolute Gasteiger partial charge is 1.00 e. The van der Waals surface area contributed by atoms with Gasteiger partial charge >= 0.3 is 5.69 Å². The van der Waals surface area contributed by atoms with Crippen molar-refractivity contribution in [1.82, 2.24) is 0 Å². The first-order valence-electron chi connectivity index (χ1n) is 6.06. The molecule has 6 heteroatoms. The summed E-state index contributed by atoms with van der Waals surface area (Å²) in [6.07, 6.45) is 0. The number of diazo groups is 1. The average Bonchev–Trinajstić information content (AvgIpc) is 2.47. The second-order valence-corrected chi connectivity index (χ2v) is 4.26. The molecule has 0 atom stereocenters. The smallest absolute Gasteiger partial charge is 0.426 e. The molecule has 2 rings (SSSR count). The average molecular weight is 304 g/mol. The van der Waals surface area contributed by atoms with Crippen molar-refractivity contribution in [3.05, 3.63) is 58.6 Å². The zero-order valence-corrected chi connectivity index (χ0v) is 12.4.